The molecule has 3 saturated heterocycles. The van der Waals surface area contributed by atoms with E-state index in [1.165, 1.54) is 5.01 Å². The van der Waals surface area contributed by atoms with Crippen LogP contribution >= 0.6 is 0 Å². The number of benzene rings is 2. The molecule has 3 aliphatic heterocycles. The number of nitrogens with one attached hydrogen (secondary N) is 1. The molecule has 4 atom stereocenters. The highest BCUT2D eigenvalue weighted by Crippen LogP contribution is 2.32. The molecule has 4 heterocycles. The van der Waals surface area contributed by atoms with Gasteiger partial charge in [0.25, 0.3) is 0 Å². The first-order valence-electron chi connectivity index (χ1n) is 16.7. The van der Waals surface area contributed by atoms with Gasteiger partial charge in [0.15, 0.2) is 0 Å². The predicted octanol–water partition coefficient (Wildman–Crippen LogP) is 3.06. The summed E-state index contributed by atoms with van der Waals surface area (Å²) in [7, 11) is 1.77. The van der Waals surface area contributed by atoms with E-state index < -0.39 is 5.79 Å². The van der Waals surface area contributed by atoms with Crippen LogP contribution in [-0.2, 0) is 20.8 Å². The second kappa shape index (κ2) is 15.3. The van der Waals surface area contributed by atoms with Gasteiger partial charge < -0.3 is 34.1 Å². The lowest BCUT2D eigenvalue weighted by Crippen LogP contribution is -2.56. The van der Waals surface area contributed by atoms with Crippen molar-refractivity contribution in [1.29, 1.82) is 0 Å². The number of carbonyl (C=O) groups excluding carboxylic acids is 1. The van der Waals surface area contributed by atoms with Crippen LogP contribution in [0.4, 0.5) is 21.9 Å². The van der Waals surface area contributed by atoms with Gasteiger partial charge in [-0.05, 0) is 61.9 Å². The van der Waals surface area contributed by atoms with E-state index in [1.54, 1.807) is 29.1 Å². The Hall–Kier alpha value is -4.24. The molecule has 0 bridgehead atoms. The van der Waals surface area contributed by atoms with Crippen LogP contribution < -0.4 is 24.8 Å². The lowest BCUT2D eigenvalue weighted by molar-refractivity contribution is -0.255. The van der Waals surface area contributed by atoms with E-state index in [9.17, 15) is 4.79 Å². The number of hydrazone groups is 1. The molecule has 0 saturated carbocycles. The van der Waals surface area contributed by atoms with E-state index in [0.29, 0.717) is 32.9 Å². The van der Waals surface area contributed by atoms with E-state index >= 15 is 0 Å². The minimum Gasteiger partial charge on any atom is -0.491 e. The van der Waals surface area contributed by atoms with Gasteiger partial charge in [-0.1, -0.05) is 6.92 Å². The van der Waals surface area contributed by atoms with Crippen LogP contribution in [0.5, 0.6) is 5.75 Å². The van der Waals surface area contributed by atoms with E-state index in [4.69, 9.17) is 18.9 Å². The third-order valence-electron chi connectivity index (χ3n) is 9.29. The molecule has 6 rings (SSSR count). The van der Waals surface area contributed by atoms with Crippen molar-refractivity contribution in [2.24, 2.45) is 5.10 Å². The van der Waals surface area contributed by atoms with Crippen molar-refractivity contribution < 1.29 is 23.7 Å². The largest absolute Gasteiger partial charge is 0.491 e. The molecule has 48 heavy (non-hydrogen) atoms. The third kappa shape index (κ3) is 7.57. The summed E-state index contributed by atoms with van der Waals surface area (Å²) in [6, 6.07) is 16.1. The molecule has 0 aliphatic carbocycles. The lowest BCUT2D eigenvalue weighted by atomic mass is 10.1. The first-order valence-corrected chi connectivity index (χ1v) is 16.7. The summed E-state index contributed by atoms with van der Waals surface area (Å²) in [5.74, 6) is -0.204. The third-order valence-corrected chi connectivity index (χ3v) is 9.29. The Bertz CT molecular complexity index is 1460. The first-order chi connectivity index (χ1) is 23.4. The van der Waals surface area contributed by atoms with Gasteiger partial charge in [-0.3, -0.25) is 4.90 Å². The Kier molecular flexibility index (Phi) is 10.7. The van der Waals surface area contributed by atoms with Crippen molar-refractivity contribution in [1.82, 2.24) is 25.3 Å². The minimum absolute atomic E-state index is 0.0175. The smallest absolute Gasteiger partial charge is 0.344 e. The summed E-state index contributed by atoms with van der Waals surface area (Å²) in [5, 5.41) is 17.2. The molecule has 258 valence electrons. The minimum atomic E-state index is -0.984. The standard InChI is InChI=1S/C34H47N9O5/c1-5-26(2)43(35-3)33(44)39(4)27-6-8-28(9-7-27)40-17-19-41(20-18-40)29-10-12-30(13-11-29)46-23-31-24-47-34(48-31,25-42-37-14-15-38-42)32-22-36-16-21-45-32/h6-15,26,31-32,36H,3,5,16-25H2,1-2,4H3. The quantitative estimate of drug-likeness (QED) is 0.229. The zero-order valence-corrected chi connectivity index (χ0v) is 28.1. The van der Waals surface area contributed by atoms with Gasteiger partial charge in [-0.25, -0.2) is 9.80 Å². The topological polar surface area (TPSA) is 122 Å². The highest BCUT2D eigenvalue weighted by Gasteiger charge is 2.50. The van der Waals surface area contributed by atoms with Gasteiger partial charge in [0, 0.05) is 70.1 Å². The van der Waals surface area contributed by atoms with Crippen LogP contribution in [0.25, 0.3) is 0 Å². The van der Waals surface area contributed by atoms with Crippen LogP contribution in [0.15, 0.2) is 66.0 Å². The van der Waals surface area contributed by atoms with Crippen LogP contribution in [0.1, 0.15) is 20.3 Å². The van der Waals surface area contributed by atoms with Crippen LogP contribution in [0.3, 0.4) is 0 Å². The number of amides is 2. The zero-order chi connectivity index (χ0) is 33.5. The molecule has 4 unspecified atom stereocenters. The molecule has 0 spiro atoms. The van der Waals surface area contributed by atoms with Gasteiger partial charge in [0.1, 0.15) is 31.1 Å². The number of nitrogens with zero attached hydrogens (tertiary/aromatic N) is 8. The molecule has 2 amide bonds. The SMILES string of the molecule is C=NN(C(=O)N(C)c1ccc(N2CCN(c3ccc(OCC4COC(Cn5nccn5)(C5CNCCO5)O4)cc3)CC2)cc1)C(C)CC. The summed E-state index contributed by atoms with van der Waals surface area (Å²) in [6.45, 7) is 14.2. The van der Waals surface area contributed by atoms with Crippen LogP contribution in [-0.4, -0.2) is 123 Å². The van der Waals surface area contributed by atoms with Crippen molar-refractivity contribution in [2.75, 3.05) is 80.8 Å². The number of urea groups is 1. The van der Waals surface area contributed by atoms with Gasteiger partial charge in [-0.15, -0.1) is 0 Å². The highest BCUT2D eigenvalue weighted by molar-refractivity contribution is 5.91. The summed E-state index contributed by atoms with van der Waals surface area (Å²) >= 11 is 0. The van der Waals surface area contributed by atoms with Gasteiger partial charge in [0.05, 0.1) is 31.6 Å². The lowest BCUT2D eigenvalue weighted by Gasteiger charge is -2.37. The normalized spacial score (nSPS) is 23.5. The number of ether oxygens (including phenoxy) is 4. The van der Waals surface area contributed by atoms with Gasteiger partial charge in [0.2, 0.25) is 5.79 Å². The maximum atomic E-state index is 12.9. The first kappa shape index (κ1) is 33.7. The summed E-state index contributed by atoms with van der Waals surface area (Å²) in [5.41, 5.74) is 3.11. The molecule has 3 aliphatic rings. The molecule has 1 N–H and O–H groups in total. The molecule has 3 aromatic rings. The number of hydrogen-bond acceptors (Lipinski definition) is 11. The number of morpholine rings is 1. The van der Waals surface area contributed by atoms with Crippen molar-refractivity contribution in [3.63, 3.8) is 0 Å². The number of hydrogen-bond donors (Lipinski definition) is 1. The molecule has 14 nitrogen and oxygen atoms in total. The average molecular weight is 662 g/mol. The molecule has 14 heteroatoms. The number of aromatic nitrogens is 3. The fourth-order valence-electron chi connectivity index (χ4n) is 6.27. The number of anilines is 3. The molecule has 1 aromatic heterocycles. The number of carbonyl (C=O) groups is 1. The van der Waals surface area contributed by atoms with E-state index in [0.717, 1.165) is 62.0 Å². The van der Waals surface area contributed by atoms with Crippen molar-refractivity contribution in [3.8, 4) is 5.75 Å². The molecular formula is C34H47N9O5. The second-order valence-corrected chi connectivity index (χ2v) is 12.4. The zero-order valence-electron chi connectivity index (χ0n) is 28.1. The summed E-state index contributed by atoms with van der Waals surface area (Å²) in [6.07, 6.45) is 3.55. The Morgan fingerprint density at radius 1 is 1.08 bits per heavy atom. The molecular weight excluding hydrogens is 614 g/mol. The summed E-state index contributed by atoms with van der Waals surface area (Å²) in [4.78, 5) is 20.9. The predicted molar refractivity (Wildman–Crippen MR) is 184 cm³/mol. The van der Waals surface area contributed by atoms with Crippen LogP contribution in [0, 0.1) is 0 Å². The monoisotopic (exact) mass is 661 g/mol. The van der Waals surface area contributed by atoms with E-state index in [1.807, 2.05) is 38.1 Å². The van der Waals surface area contributed by atoms with Crippen molar-refractivity contribution in [3.05, 3.63) is 60.9 Å². The Morgan fingerprint density at radius 2 is 1.73 bits per heavy atom. The van der Waals surface area contributed by atoms with Crippen LogP contribution in [0.2, 0.25) is 0 Å². The maximum absolute atomic E-state index is 12.9. The van der Waals surface area contributed by atoms with E-state index in [2.05, 4.69) is 61.4 Å². The molecule has 2 aromatic carbocycles. The fraction of sp³-hybridized carbons (Fsp3) is 0.529. The number of rotatable bonds is 12. The Morgan fingerprint density at radius 3 is 2.31 bits per heavy atom. The maximum Gasteiger partial charge on any atom is 0.344 e. The summed E-state index contributed by atoms with van der Waals surface area (Å²) < 4.78 is 24.9. The molecule has 0 radical (unpaired) electrons. The second-order valence-electron chi connectivity index (χ2n) is 12.4. The van der Waals surface area contributed by atoms with Gasteiger partial charge >= 0.3 is 6.03 Å². The van der Waals surface area contributed by atoms with Crippen molar-refractivity contribution in [2.45, 2.75) is 50.8 Å². The Balaban J connectivity index is 0.978. The molecule has 3 fully saturated rings. The van der Waals surface area contributed by atoms with Gasteiger partial charge in [-0.2, -0.15) is 20.1 Å². The fourth-order valence-corrected chi connectivity index (χ4v) is 6.27. The van der Waals surface area contributed by atoms with Crippen molar-refractivity contribution >= 4 is 29.8 Å². The number of piperazine rings is 1. The highest BCUT2D eigenvalue weighted by atomic mass is 16.8. The Labute approximate surface area is 282 Å². The van der Waals surface area contributed by atoms with E-state index in [-0.39, 0.29) is 24.3 Å². The average Bonchev–Trinajstić information content (AvgIpc) is 3.82.